The van der Waals surface area contributed by atoms with Gasteiger partial charge in [0.25, 0.3) is 5.91 Å². The van der Waals surface area contributed by atoms with Gasteiger partial charge in [0.05, 0.1) is 31.6 Å². The lowest BCUT2D eigenvalue weighted by atomic mass is 10.1. The Hall–Kier alpha value is -1.86. The lowest BCUT2D eigenvalue weighted by molar-refractivity contribution is -0.125. The predicted octanol–water partition coefficient (Wildman–Crippen LogP) is -0.449. The molecule has 114 valence electrons. The molecule has 0 saturated carbocycles. The second-order valence-corrected chi connectivity index (χ2v) is 5.31. The number of rotatable bonds is 3. The van der Waals surface area contributed by atoms with Crippen molar-refractivity contribution in [2.45, 2.75) is 12.1 Å². The number of furan rings is 1. The van der Waals surface area contributed by atoms with Crippen LogP contribution in [0.25, 0.3) is 0 Å². The van der Waals surface area contributed by atoms with E-state index >= 15 is 0 Å². The van der Waals surface area contributed by atoms with Gasteiger partial charge in [0.2, 0.25) is 5.91 Å². The molecule has 0 bridgehead atoms. The van der Waals surface area contributed by atoms with Crippen LogP contribution in [-0.4, -0.2) is 73.6 Å². The predicted molar refractivity (Wildman–Crippen MR) is 73.8 cm³/mol. The van der Waals surface area contributed by atoms with Crippen molar-refractivity contribution < 1.29 is 18.7 Å². The van der Waals surface area contributed by atoms with Crippen molar-refractivity contribution in [3.63, 3.8) is 0 Å². The standard InChI is InChI=1S/C14H19N3O4/c1-15-13(18)9-16-4-6-21-12-8-17(7-10(12)16)14(19)11-3-2-5-20-11/h2-3,5,10,12H,4,6-9H2,1H3,(H,15,18)/t10-,12+/m1/s1. The van der Waals surface area contributed by atoms with Gasteiger partial charge in [0.15, 0.2) is 5.76 Å². The summed E-state index contributed by atoms with van der Waals surface area (Å²) >= 11 is 0. The highest BCUT2D eigenvalue weighted by atomic mass is 16.5. The fraction of sp³-hybridized carbons (Fsp3) is 0.571. The summed E-state index contributed by atoms with van der Waals surface area (Å²) in [6, 6.07) is 3.42. The Balaban J connectivity index is 1.68. The first-order chi connectivity index (χ1) is 10.2. The van der Waals surface area contributed by atoms with E-state index in [0.29, 0.717) is 38.5 Å². The topological polar surface area (TPSA) is 75.0 Å². The Bertz CT molecular complexity index is 516. The first-order valence-corrected chi connectivity index (χ1v) is 7.08. The van der Waals surface area contributed by atoms with E-state index in [1.807, 2.05) is 0 Å². The van der Waals surface area contributed by atoms with Gasteiger partial charge in [0, 0.05) is 26.7 Å². The van der Waals surface area contributed by atoms with Crippen molar-refractivity contribution in [3.05, 3.63) is 24.2 Å². The molecule has 0 unspecified atom stereocenters. The summed E-state index contributed by atoms with van der Waals surface area (Å²) in [5, 5.41) is 2.63. The van der Waals surface area contributed by atoms with E-state index in [2.05, 4.69) is 10.2 Å². The minimum atomic E-state index is -0.127. The lowest BCUT2D eigenvalue weighted by Gasteiger charge is -2.35. The molecule has 1 N–H and O–H groups in total. The third-order valence-electron chi connectivity index (χ3n) is 4.06. The Morgan fingerprint density at radius 2 is 2.29 bits per heavy atom. The molecule has 2 amide bonds. The van der Waals surface area contributed by atoms with E-state index in [1.54, 1.807) is 24.1 Å². The van der Waals surface area contributed by atoms with Crippen LogP contribution in [0, 0.1) is 0 Å². The normalized spacial score (nSPS) is 25.7. The average molecular weight is 293 g/mol. The van der Waals surface area contributed by atoms with Gasteiger partial charge < -0.3 is 19.4 Å². The number of hydrogen-bond donors (Lipinski definition) is 1. The Morgan fingerprint density at radius 3 is 3.00 bits per heavy atom. The van der Waals surface area contributed by atoms with Crippen LogP contribution in [-0.2, 0) is 9.53 Å². The number of carbonyl (C=O) groups excluding carboxylic acids is 2. The highest BCUT2D eigenvalue weighted by Crippen LogP contribution is 2.24. The molecular formula is C14H19N3O4. The van der Waals surface area contributed by atoms with E-state index in [1.165, 1.54) is 6.26 Å². The van der Waals surface area contributed by atoms with Crippen LogP contribution < -0.4 is 5.32 Å². The zero-order valence-electron chi connectivity index (χ0n) is 11.9. The molecule has 1 aromatic rings. The number of nitrogens with zero attached hydrogens (tertiary/aromatic N) is 2. The SMILES string of the molecule is CNC(=O)CN1CCO[C@H]2CN(C(=O)c3ccco3)C[C@H]21. The second-order valence-electron chi connectivity index (χ2n) is 5.31. The molecule has 2 aliphatic heterocycles. The first kappa shape index (κ1) is 14.1. The summed E-state index contributed by atoms with van der Waals surface area (Å²) in [5.74, 6) is 0.191. The minimum absolute atomic E-state index is 0.0218. The number of amides is 2. The molecule has 3 rings (SSSR count). The number of ether oxygens (including phenoxy) is 1. The molecule has 2 saturated heterocycles. The third kappa shape index (κ3) is 2.79. The van der Waals surface area contributed by atoms with Crippen molar-refractivity contribution in [3.8, 4) is 0 Å². The summed E-state index contributed by atoms with van der Waals surface area (Å²) < 4.78 is 10.9. The molecule has 2 fully saturated rings. The minimum Gasteiger partial charge on any atom is -0.459 e. The molecule has 0 aromatic carbocycles. The maximum atomic E-state index is 12.3. The van der Waals surface area contributed by atoms with Crippen molar-refractivity contribution in [2.75, 3.05) is 39.8 Å². The molecule has 21 heavy (non-hydrogen) atoms. The monoisotopic (exact) mass is 293 g/mol. The van der Waals surface area contributed by atoms with Crippen molar-refractivity contribution in [2.24, 2.45) is 0 Å². The van der Waals surface area contributed by atoms with E-state index < -0.39 is 0 Å². The van der Waals surface area contributed by atoms with Crippen LogP contribution in [0.3, 0.4) is 0 Å². The third-order valence-corrected chi connectivity index (χ3v) is 4.06. The van der Waals surface area contributed by atoms with E-state index in [-0.39, 0.29) is 24.0 Å². The van der Waals surface area contributed by atoms with Crippen molar-refractivity contribution in [1.82, 2.24) is 15.1 Å². The van der Waals surface area contributed by atoms with Gasteiger partial charge in [-0.2, -0.15) is 0 Å². The summed E-state index contributed by atoms with van der Waals surface area (Å²) in [4.78, 5) is 27.7. The summed E-state index contributed by atoms with van der Waals surface area (Å²) in [7, 11) is 1.63. The number of hydrogen-bond acceptors (Lipinski definition) is 5. The van der Waals surface area contributed by atoms with Crippen LogP contribution in [0.1, 0.15) is 10.6 Å². The number of fused-ring (bicyclic) bond motifs is 1. The second kappa shape index (κ2) is 5.87. The molecule has 2 atom stereocenters. The van der Waals surface area contributed by atoms with Crippen LogP contribution in [0.15, 0.2) is 22.8 Å². The molecular weight excluding hydrogens is 274 g/mol. The Kier molecular flexibility index (Phi) is 3.94. The maximum absolute atomic E-state index is 12.3. The van der Waals surface area contributed by atoms with Gasteiger partial charge in [-0.15, -0.1) is 0 Å². The van der Waals surface area contributed by atoms with Gasteiger partial charge in [0.1, 0.15) is 0 Å². The van der Waals surface area contributed by atoms with E-state index in [9.17, 15) is 9.59 Å². The molecule has 0 spiro atoms. The smallest absolute Gasteiger partial charge is 0.289 e. The molecule has 0 aliphatic carbocycles. The van der Waals surface area contributed by atoms with Gasteiger partial charge in [-0.05, 0) is 12.1 Å². The number of likely N-dealkylation sites (tertiary alicyclic amines) is 1. The van der Waals surface area contributed by atoms with Crippen LogP contribution in [0.2, 0.25) is 0 Å². The molecule has 3 heterocycles. The van der Waals surface area contributed by atoms with Crippen LogP contribution in [0.4, 0.5) is 0 Å². The summed E-state index contributed by atoms with van der Waals surface area (Å²) in [5.41, 5.74) is 0. The number of nitrogens with one attached hydrogen (secondary N) is 1. The number of morpholine rings is 1. The molecule has 0 radical (unpaired) electrons. The zero-order valence-corrected chi connectivity index (χ0v) is 11.9. The van der Waals surface area contributed by atoms with Crippen LogP contribution in [0.5, 0.6) is 0 Å². The fourth-order valence-corrected chi connectivity index (χ4v) is 2.94. The van der Waals surface area contributed by atoms with Gasteiger partial charge in [-0.25, -0.2) is 0 Å². The average Bonchev–Trinajstić information content (AvgIpc) is 3.16. The Labute approximate surface area is 122 Å². The van der Waals surface area contributed by atoms with E-state index in [0.717, 1.165) is 0 Å². The lowest BCUT2D eigenvalue weighted by Crippen LogP contribution is -2.53. The maximum Gasteiger partial charge on any atom is 0.289 e. The number of carbonyl (C=O) groups is 2. The van der Waals surface area contributed by atoms with E-state index in [4.69, 9.17) is 9.15 Å². The van der Waals surface area contributed by atoms with Crippen LogP contribution >= 0.6 is 0 Å². The highest BCUT2D eigenvalue weighted by Gasteiger charge is 2.42. The van der Waals surface area contributed by atoms with Gasteiger partial charge >= 0.3 is 0 Å². The van der Waals surface area contributed by atoms with Crippen molar-refractivity contribution >= 4 is 11.8 Å². The molecule has 1 aromatic heterocycles. The highest BCUT2D eigenvalue weighted by molar-refractivity contribution is 5.91. The Morgan fingerprint density at radius 1 is 1.43 bits per heavy atom. The van der Waals surface area contributed by atoms with Gasteiger partial charge in [-0.3, -0.25) is 14.5 Å². The molecule has 7 nitrogen and oxygen atoms in total. The van der Waals surface area contributed by atoms with Crippen molar-refractivity contribution in [1.29, 1.82) is 0 Å². The first-order valence-electron chi connectivity index (χ1n) is 7.08. The largest absolute Gasteiger partial charge is 0.459 e. The number of likely N-dealkylation sites (N-methyl/N-ethyl adjacent to an activating group) is 1. The summed E-state index contributed by atoms with van der Waals surface area (Å²) in [6.45, 7) is 2.72. The molecule has 2 aliphatic rings. The summed E-state index contributed by atoms with van der Waals surface area (Å²) in [6.07, 6.45) is 1.45. The quantitative estimate of drug-likeness (QED) is 0.817. The van der Waals surface area contributed by atoms with Gasteiger partial charge in [-0.1, -0.05) is 0 Å². The zero-order chi connectivity index (χ0) is 14.8. The molecule has 7 heteroatoms. The fourth-order valence-electron chi connectivity index (χ4n) is 2.94.